The second-order valence-corrected chi connectivity index (χ2v) is 9.43. The maximum atomic E-state index is 13.7. The number of hydrogen-bond acceptors (Lipinski definition) is 2. The summed E-state index contributed by atoms with van der Waals surface area (Å²) in [5.74, 6) is 0.298. The molecule has 0 spiro atoms. The number of aryl methyl sites for hydroxylation is 2. The summed E-state index contributed by atoms with van der Waals surface area (Å²) in [6.45, 7) is 4.06. The lowest BCUT2D eigenvalue weighted by Gasteiger charge is -2.38. The van der Waals surface area contributed by atoms with Gasteiger partial charge in [0.2, 0.25) is 5.91 Å². The zero-order valence-corrected chi connectivity index (χ0v) is 18.7. The molecule has 2 atom stereocenters. The van der Waals surface area contributed by atoms with Crippen molar-refractivity contribution in [1.29, 1.82) is 0 Å². The number of aromatic nitrogens is 1. The number of amides is 1. The Morgan fingerprint density at radius 2 is 1.87 bits per heavy atom. The van der Waals surface area contributed by atoms with Gasteiger partial charge in [-0.05, 0) is 61.6 Å². The van der Waals surface area contributed by atoms with E-state index in [1.54, 1.807) is 0 Å². The first-order valence-corrected chi connectivity index (χ1v) is 11.6. The van der Waals surface area contributed by atoms with Crippen LogP contribution in [0.3, 0.4) is 0 Å². The molecule has 1 aliphatic rings. The van der Waals surface area contributed by atoms with Gasteiger partial charge in [-0.25, -0.2) is 0 Å². The van der Waals surface area contributed by atoms with Gasteiger partial charge in [0, 0.05) is 16.6 Å². The van der Waals surface area contributed by atoms with Crippen LogP contribution in [0.25, 0.3) is 10.9 Å². The van der Waals surface area contributed by atoms with Gasteiger partial charge < -0.3 is 15.4 Å². The predicted octanol–water partition coefficient (Wildman–Crippen LogP) is 4.80. The molecule has 0 saturated carbocycles. The summed E-state index contributed by atoms with van der Waals surface area (Å²) in [7, 11) is 0. The Kier molecular flexibility index (Phi) is 6.47. The summed E-state index contributed by atoms with van der Waals surface area (Å²) >= 11 is 0. The topological polar surface area (TPSA) is 65.1 Å². The Hall–Kier alpha value is -2.59. The van der Waals surface area contributed by atoms with Crippen molar-refractivity contribution in [3.63, 3.8) is 0 Å². The van der Waals surface area contributed by atoms with Gasteiger partial charge >= 0.3 is 0 Å². The first-order valence-electron chi connectivity index (χ1n) is 11.6. The molecule has 0 radical (unpaired) electrons. The van der Waals surface area contributed by atoms with Gasteiger partial charge in [-0.2, -0.15) is 0 Å². The lowest BCUT2D eigenvalue weighted by molar-refractivity contribution is -0.133. The maximum absolute atomic E-state index is 13.7. The SMILES string of the molecule is CC(C)[C@@H](CO)NC(=O)C1(CCCc2ccccc2)CCc2[nH]c3ccccc3c2C1. The normalized spacial score (nSPS) is 19.4. The molecule has 3 N–H and O–H groups in total. The average Bonchev–Trinajstić information content (AvgIpc) is 3.15. The van der Waals surface area contributed by atoms with Gasteiger partial charge in [-0.3, -0.25) is 4.79 Å². The second kappa shape index (κ2) is 9.27. The molecule has 1 amide bonds. The smallest absolute Gasteiger partial charge is 0.226 e. The Morgan fingerprint density at radius 3 is 2.61 bits per heavy atom. The van der Waals surface area contributed by atoms with Crippen molar-refractivity contribution in [3.8, 4) is 0 Å². The van der Waals surface area contributed by atoms with E-state index in [4.69, 9.17) is 0 Å². The van der Waals surface area contributed by atoms with Crippen LogP contribution in [0.5, 0.6) is 0 Å². The standard InChI is InChI=1S/C27H34N2O2/c1-19(2)25(18-30)29-26(31)27(15-8-11-20-9-4-3-5-10-20)16-14-24-22(17-27)21-12-6-7-13-23(21)28-24/h3-7,9-10,12-13,19,25,28,30H,8,11,14-18H2,1-2H3,(H,29,31)/t25-,27?/m1/s1. The fourth-order valence-electron chi connectivity index (χ4n) is 5.00. The molecular formula is C27H34N2O2. The van der Waals surface area contributed by atoms with E-state index in [0.717, 1.165) is 44.0 Å². The van der Waals surface area contributed by atoms with E-state index >= 15 is 0 Å². The zero-order chi connectivity index (χ0) is 21.8. The fourth-order valence-corrected chi connectivity index (χ4v) is 5.00. The monoisotopic (exact) mass is 418 g/mol. The molecule has 0 aliphatic heterocycles. The van der Waals surface area contributed by atoms with Crippen molar-refractivity contribution in [2.45, 2.75) is 58.4 Å². The molecule has 3 aromatic rings. The number of carbonyl (C=O) groups excluding carboxylic acids is 1. The molecule has 4 rings (SSSR count). The number of nitrogens with one attached hydrogen (secondary N) is 2. The van der Waals surface area contributed by atoms with Crippen LogP contribution < -0.4 is 5.32 Å². The molecule has 0 bridgehead atoms. The highest BCUT2D eigenvalue weighted by Crippen LogP contribution is 2.42. The summed E-state index contributed by atoms with van der Waals surface area (Å²) in [5, 5.41) is 14.2. The molecule has 1 aliphatic carbocycles. The number of fused-ring (bicyclic) bond motifs is 3. The number of H-pyrrole nitrogens is 1. The number of benzene rings is 2. The second-order valence-electron chi connectivity index (χ2n) is 9.43. The Morgan fingerprint density at radius 1 is 1.13 bits per heavy atom. The molecule has 164 valence electrons. The minimum atomic E-state index is -0.435. The van der Waals surface area contributed by atoms with Crippen LogP contribution >= 0.6 is 0 Å². The molecular weight excluding hydrogens is 384 g/mol. The lowest BCUT2D eigenvalue weighted by Crippen LogP contribution is -2.51. The zero-order valence-electron chi connectivity index (χ0n) is 18.7. The maximum Gasteiger partial charge on any atom is 0.226 e. The van der Waals surface area contributed by atoms with Gasteiger partial charge in [-0.1, -0.05) is 62.4 Å². The third kappa shape index (κ3) is 4.54. The minimum absolute atomic E-state index is 0.0260. The number of rotatable bonds is 8. The van der Waals surface area contributed by atoms with Crippen molar-refractivity contribution in [3.05, 3.63) is 71.4 Å². The summed E-state index contributed by atoms with van der Waals surface area (Å²) in [6.07, 6.45) is 5.27. The highest BCUT2D eigenvalue weighted by molar-refractivity contribution is 5.88. The van der Waals surface area contributed by atoms with Crippen molar-refractivity contribution in [2.75, 3.05) is 6.61 Å². The first kappa shape index (κ1) is 21.6. The van der Waals surface area contributed by atoms with Gasteiger partial charge in [-0.15, -0.1) is 0 Å². The molecule has 1 heterocycles. The van der Waals surface area contributed by atoms with Crippen LogP contribution in [0.15, 0.2) is 54.6 Å². The van der Waals surface area contributed by atoms with E-state index < -0.39 is 5.41 Å². The summed E-state index contributed by atoms with van der Waals surface area (Å²) in [5.41, 5.74) is 4.60. The quantitative estimate of drug-likeness (QED) is 0.492. The van der Waals surface area contributed by atoms with Crippen LogP contribution in [0.4, 0.5) is 0 Å². The van der Waals surface area contributed by atoms with Crippen LogP contribution in [0, 0.1) is 11.3 Å². The molecule has 0 fully saturated rings. The van der Waals surface area contributed by atoms with Gasteiger partial charge in [0.05, 0.1) is 18.1 Å². The predicted molar refractivity (Wildman–Crippen MR) is 126 cm³/mol. The molecule has 4 nitrogen and oxygen atoms in total. The Balaban J connectivity index is 1.60. The third-order valence-electron chi connectivity index (χ3n) is 7.03. The van der Waals surface area contributed by atoms with Crippen LogP contribution in [-0.4, -0.2) is 28.6 Å². The molecule has 31 heavy (non-hydrogen) atoms. The Labute approximate surface area is 185 Å². The first-order chi connectivity index (χ1) is 15.0. The number of aliphatic hydroxyl groups is 1. The van der Waals surface area contributed by atoms with E-state index in [1.807, 2.05) is 19.9 Å². The minimum Gasteiger partial charge on any atom is -0.394 e. The van der Waals surface area contributed by atoms with Gasteiger partial charge in [0.15, 0.2) is 0 Å². The van der Waals surface area contributed by atoms with Gasteiger partial charge in [0.25, 0.3) is 0 Å². The molecule has 2 aromatic carbocycles. The van der Waals surface area contributed by atoms with Crippen LogP contribution in [0.1, 0.15) is 49.9 Å². The summed E-state index contributed by atoms with van der Waals surface area (Å²) in [4.78, 5) is 17.2. The van der Waals surface area contributed by atoms with E-state index in [-0.39, 0.29) is 24.5 Å². The molecule has 4 heteroatoms. The van der Waals surface area contributed by atoms with Gasteiger partial charge in [0.1, 0.15) is 0 Å². The fraction of sp³-hybridized carbons (Fsp3) is 0.444. The molecule has 1 aromatic heterocycles. The van der Waals surface area contributed by atoms with Crippen molar-refractivity contribution >= 4 is 16.8 Å². The summed E-state index contributed by atoms with van der Waals surface area (Å²) in [6, 6.07) is 18.7. The Bertz CT molecular complexity index is 1020. The highest BCUT2D eigenvalue weighted by atomic mass is 16.3. The number of hydrogen-bond donors (Lipinski definition) is 3. The van der Waals surface area contributed by atoms with E-state index in [0.29, 0.717) is 0 Å². The average molecular weight is 419 g/mol. The number of aromatic amines is 1. The largest absolute Gasteiger partial charge is 0.394 e. The van der Waals surface area contributed by atoms with E-state index in [9.17, 15) is 9.90 Å². The molecule has 0 saturated heterocycles. The molecule has 1 unspecified atom stereocenters. The van der Waals surface area contributed by atoms with Crippen LogP contribution in [-0.2, 0) is 24.1 Å². The van der Waals surface area contributed by atoms with E-state index in [2.05, 4.69) is 58.8 Å². The van der Waals surface area contributed by atoms with Crippen molar-refractivity contribution in [1.82, 2.24) is 10.3 Å². The number of carbonyl (C=O) groups is 1. The number of aliphatic hydroxyl groups excluding tert-OH is 1. The van der Waals surface area contributed by atoms with E-state index in [1.165, 1.54) is 22.2 Å². The summed E-state index contributed by atoms with van der Waals surface area (Å²) < 4.78 is 0. The third-order valence-corrected chi connectivity index (χ3v) is 7.03. The number of para-hydroxylation sites is 1. The highest BCUT2D eigenvalue weighted by Gasteiger charge is 2.42. The van der Waals surface area contributed by atoms with Crippen molar-refractivity contribution in [2.24, 2.45) is 11.3 Å². The van der Waals surface area contributed by atoms with Crippen LogP contribution in [0.2, 0.25) is 0 Å². The lowest BCUT2D eigenvalue weighted by atomic mass is 9.68. The van der Waals surface area contributed by atoms with Crippen molar-refractivity contribution < 1.29 is 9.90 Å².